The largest absolute Gasteiger partial charge is 0.505 e. The Morgan fingerprint density at radius 2 is 2.17 bits per heavy atom. The third kappa shape index (κ3) is 3.24. The number of anilines is 2. The van der Waals surface area contributed by atoms with Crippen LogP contribution in [0.15, 0.2) is 36.4 Å². The fourth-order valence-electron chi connectivity index (χ4n) is 2.03. The van der Waals surface area contributed by atoms with E-state index in [0.717, 1.165) is 10.2 Å². The molecule has 0 aliphatic carbocycles. The number of thiazole rings is 1. The molecule has 0 atom stereocenters. The summed E-state index contributed by atoms with van der Waals surface area (Å²) in [6.45, 7) is 2.07. The highest BCUT2D eigenvalue weighted by atomic mass is 32.1. The second-order valence-electron chi connectivity index (χ2n) is 4.71. The third-order valence-corrected chi connectivity index (χ3v) is 4.03. The van der Waals surface area contributed by atoms with Crippen LogP contribution in [0.4, 0.5) is 15.2 Å². The molecule has 1 heterocycles. The Bertz CT molecular complexity index is 879. The molecule has 23 heavy (non-hydrogen) atoms. The van der Waals surface area contributed by atoms with Gasteiger partial charge in [-0.05, 0) is 37.3 Å². The number of rotatable bonds is 4. The molecule has 0 aliphatic rings. The lowest BCUT2D eigenvalue weighted by atomic mass is 10.2. The molecular formula is C16H13FN2O3S. The molecule has 7 heteroatoms. The van der Waals surface area contributed by atoms with Crippen molar-refractivity contribution >= 4 is 38.3 Å². The summed E-state index contributed by atoms with van der Waals surface area (Å²) in [5.41, 5.74) is 1.67. The van der Waals surface area contributed by atoms with Gasteiger partial charge in [-0.25, -0.2) is 14.2 Å². The lowest BCUT2D eigenvalue weighted by Crippen LogP contribution is -2.03. The summed E-state index contributed by atoms with van der Waals surface area (Å²) in [6.07, 6.45) is 0. The fourth-order valence-corrected chi connectivity index (χ4v) is 2.95. The zero-order valence-electron chi connectivity index (χ0n) is 12.2. The van der Waals surface area contributed by atoms with Gasteiger partial charge in [0.25, 0.3) is 0 Å². The number of nitrogens with zero attached hydrogens (tertiary/aromatic N) is 1. The van der Waals surface area contributed by atoms with Crippen molar-refractivity contribution in [2.24, 2.45) is 0 Å². The lowest BCUT2D eigenvalue weighted by Gasteiger charge is -2.02. The van der Waals surface area contributed by atoms with Crippen LogP contribution in [0.3, 0.4) is 0 Å². The van der Waals surface area contributed by atoms with Gasteiger partial charge in [-0.1, -0.05) is 11.3 Å². The van der Waals surface area contributed by atoms with E-state index in [2.05, 4.69) is 10.3 Å². The van der Waals surface area contributed by atoms with E-state index in [1.165, 1.54) is 23.5 Å². The Morgan fingerprint density at radius 1 is 1.35 bits per heavy atom. The summed E-state index contributed by atoms with van der Waals surface area (Å²) in [7, 11) is 0. The minimum Gasteiger partial charge on any atom is -0.505 e. The maximum atomic E-state index is 13.3. The fraction of sp³-hybridized carbons (Fsp3) is 0.125. The number of hydrogen-bond acceptors (Lipinski definition) is 6. The van der Waals surface area contributed by atoms with Gasteiger partial charge < -0.3 is 15.2 Å². The molecule has 2 aromatic carbocycles. The maximum Gasteiger partial charge on any atom is 0.338 e. The van der Waals surface area contributed by atoms with Gasteiger partial charge in [-0.2, -0.15) is 0 Å². The quantitative estimate of drug-likeness (QED) is 0.557. The van der Waals surface area contributed by atoms with Crippen LogP contribution in [0.25, 0.3) is 10.2 Å². The SMILES string of the molecule is CCOC(=O)c1ccc2nc(Nc3ccc(O)c(F)c3)sc2c1. The molecule has 0 fully saturated rings. The molecule has 0 saturated carbocycles. The van der Waals surface area contributed by atoms with Crippen LogP contribution in [0.2, 0.25) is 0 Å². The van der Waals surface area contributed by atoms with E-state index in [4.69, 9.17) is 4.74 Å². The minimum atomic E-state index is -0.708. The van der Waals surface area contributed by atoms with Crippen LogP contribution in [0.5, 0.6) is 5.75 Å². The Kier molecular flexibility index (Phi) is 4.12. The summed E-state index contributed by atoms with van der Waals surface area (Å²) in [4.78, 5) is 16.1. The molecule has 3 rings (SSSR count). The van der Waals surface area contributed by atoms with E-state index in [0.29, 0.717) is 23.0 Å². The summed E-state index contributed by atoms with van der Waals surface area (Å²) in [5, 5.41) is 12.7. The molecule has 0 unspecified atom stereocenters. The van der Waals surface area contributed by atoms with Crippen molar-refractivity contribution in [3.05, 3.63) is 47.8 Å². The number of fused-ring (bicyclic) bond motifs is 1. The number of esters is 1. The van der Waals surface area contributed by atoms with Gasteiger partial charge >= 0.3 is 5.97 Å². The van der Waals surface area contributed by atoms with Crippen molar-refractivity contribution in [2.45, 2.75) is 6.92 Å². The van der Waals surface area contributed by atoms with Crippen LogP contribution < -0.4 is 5.32 Å². The van der Waals surface area contributed by atoms with Crippen LogP contribution in [0.1, 0.15) is 17.3 Å². The van der Waals surface area contributed by atoms with Gasteiger partial charge in [-0.15, -0.1) is 0 Å². The van der Waals surface area contributed by atoms with Crippen molar-refractivity contribution in [3.63, 3.8) is 0 Å². The topological polar surface area (TPSA) is 71.5 Å². The second-order valence-corrected chi connectivity index (χ2v) is 5.74. The third-order valence-electron chi connectivity index (χ3n) is 3.10. The van der Waals surface area contributed by atoms with Gasteiger partial charge in [0.2, 0.25) is 0 Å². The Labute approximate surface area is 135 Å². The van der Waals surface area contributed by atoms with Crippen LogP contribution >= 0.6 is 11.3 Å². The first-order chi connectivity index (χ1) is 11.1. The van der Waals surface area contributed by atoms with E-state index in [1.807, 2.05) is 0 Å². The number of carbonyl (C=O) groups excluding carboxylic acids is 1. The highest BCUT2D eigenvalue weighted by Crippen LogP contribution is 2.30. The Morgan fingerprint density at radius 3 is 2.91 bits per heavy atom. The Balaban J connectivity index is 1.87. The summed E-state index contributed by atoms with van der Waals surface area (Å²) in [5.74, 6) is -1.49. The lowest BCUT2D eigenvalue weighted by molar-refractivity contribution is 0.0526. The number of aromatic nitrogens is 1. The molecule has 0 saturated heterocycles. The molecule has 3 aromatic rings. The molecule has 0 amide bonds. The average molecular weight is 332 g/mol. The van der Waals surface area contributed by atoms with Gasteiger partial charge in [0.15, 0.2) is 16.7 Å². The molecular weight excluding hydrogens is 319 g/mol. The number of nitrogens with one attached hydrogen (secondary N) is 1. The summed E-state index contributed by atoms with van der Waals surface area (Å²) < 4.78 is 19.1. The van der Waals surface area contributed by atoms with E-state index < -0.39 is 11.6 Å². The van der Waals surface area contributed by atoms with Crippen LogP contribution in [-0.4, -0.2) is 22.7 Å². The number of carbonyl (C=O) groups is 1. The molecule has 2 N–H and O–H groups in total. The molecule has 0 bridgehead atoms. The van der Waals surface area contributed by atoms with E-state index >= 15 is 0 Å². The van der Waals surface area contributed by atoms with Crippen LogP contribution in [-0.2, 0) is 4.74 Å². The van der Waals surface area contributed by atoms with Gasteiger partial charge in [0.1, 0.15) is 0 Å². The summed E-state index contributed by atoms with van der Waals surface area (Å²) in [6, 6.07) is 9.11. The smallest absolute Gasteiger partial charge is 0.338 e. The van der Waals surface area contributed by atoms with Crippen molar-refractivity contribution in [3.8, 4) is 5.75 Å². The summed E-state index contributed by atoms with van der Waals surface area (Å²) >= 11 is 1.34. The molecule has 0 aliphatic heterocycles. The Hall–Kier alpha value is -2.67. The molecule has 1 aromatic heterocycles. The number of benzene rings is 2. The van der Waals surface area contributed by atoms with Gasteiger partial charge in [0.05, 0.1) is 22.4 Å². The van der Waals surface area contributed by atoms with Gasteiger partial charge in [-0.3, -0.25) is 0 Å². The predicted octanol–water partition coefficient (Wildman–Crippen LogP) is 4.06. The first kappa shape index (κ1) is 15.2. The van der Waals surface area contributed by atoms with Crippen molar-refractivity contribution in [1.82, 2.24) is 4.98 Å². The highest BCUT2D eigenvalue weighted by Gasteiger charge is 2.11. The van der Waals surface area contributed by atoms with E-state index in [1.54, 1.807) is 31.2 Å². The monoisotopic (exact) mass is 332 g/mol. The van der Waals surface area contributed by atoms with Crippen molar-refractivity contribution in [1.29, 1.82) is 0 Å². The molecule has 118 valence electrons. The van der Waals surface area contributed by atoms with Crippen molar-refractivity contribution in [2.75, 3.05) is 11.9 Å². The number of hydrogen-bond donors (Lipinski definition) is 2. The van der Waals surface area contributed by atoms with E-state index in [9.17, 15) is 14.3 Å². The first-order valence-corrected chi connectivity index (χ1v) is 7.71. The van der Waals surface area contributed by atoms with E-state index in [-0.39, 0.29) is 5.97 Å². The number of aromatic hydroxyl groups is 1. The zero-order chi connectivity index (χ0) is 16.4. The average Bonchev–Trinajstić information content (AvgIpc) is 2.92. The number of ether oxygens (including phenoxy) is 1. The maximum absolute atomic E-state index is 13.3. The first-order valence-electron chi connectivity index (χ1n) is 6.90. The highest BCUT2D eigenvalue weighted by molar-refractivity contribution is 7.22. The van der Waals surface area contributed by atoms with Crippen molar-refractivity contribution < 1.29 is 19.0 Å². The minimum absolute atomic E-state index is 0.318. The predicted molar refractivity (Wildman–Crippen MR) is 86.9 cm³/mol. The number of phenolic OH excluding ortho intramolecular Hbond substituents is 1. The molecule has 0 spiro atoms. The zero-order valence-corrected chi connectivity index (χ0v) is 13.0. The number of phenols is 1. The molecule has 5 nitrogen and oxygen atoms in total. The van der Waals surface area contributed by atoms with Gasteiger partial charge in [0, 0.05) is 11.8 Å². The standard InChI is InChI=1S/C16H13FN2O3S/c1-2-22-15(21)9-3-5-12-14(7-9)23-16(19-12)18-10-4-6-13(20)11(17)8-10/h3-8,20H,2H2,1H3,(H,18,19). The normalized spacial score (nSPS) is 10.7. The number of halogens is 1. The second kappa shape index (κ2) is 6.21. The van der Waals surface area contributed by atoms with Crippen LogP contribution in [0, 0.1) is 5.82 Å². The molecule has 0 radical (unpaired) electrons.